The fourth-order valence-corrected chi connectivity index (χ4v) is 1.89. The predicted octanol–water partition coefficient (Wildman–Crippen LogP) is 3.44. The molecule has 2 rings (SSSR count). The zero-order valence-electron chi connectivity index (χ0n) is 10.9. The molecule has 1 heterocycles. The number of ether oxygens (including phenoxy) is 1. The molecule has 2 N–H and O–H groups in total. The molecule has 0 spiro atoms. The number of carbonyl (C=O) groups excluding carboxylic acids is 1. The third-order valence-electron chi connectivity index (χ3n) is 2.68. The van der Waals surface area contributed by atoms with Crippen molar-refractivity contribution in [3.05, 3.63) is 53.4 Å². The van der Waals surface area contributed by atoms with Crippen LogP contribution in [0.5, 0.6) is 0 Å². The van der Waals surface area contributed by atoms with Gasteiger partial charge in [-0.3, -0.25) is 0 Å². The number of amides is 2. The number of anilines is 1. The van der Waals surface area contributed by atoms with Crippen LogP contribution < -0.4 is 10.6 Å². The number of methoxy groups -OCH3 is 1. The fraction of sp³-hybridized carbons (Fsp3) is 0.214. The highest BCUT2D eigenvalue weighted by atomic mass is 35.5. The van der Waals surface area contributed by atoms with Crippen LogP contribution in [0.25, 0.3) is 0 Å². The lowest BCUT2D eigenvalue weighted by Crippen LogP contribution is -2.32. The summed E-state index contributed by atoms with van der Waals surface area (Å²) in [7, 11) is 1.56. The van der Waals surface area contributed by atoms with Crippen molar-refractivity contribution in [2.75, 3.05) is 19.0 Å². The molecule has 0 bridgehead atoms. The predicted molar refractivity (Wildman–Crippen MR) is 76.9 cm³/mol. The van der Waals surface area contributed by atoms with E-state index >= 15 is 0 Å². The van der Waals surface area contributed by atoms with Gasteiger partial charge in [0.15, 0.2) is 0 Å². The van der Waals surface area contributed by atoms with Crippen LogP contribution in [0.4, 0.5) is 10.5 Å². The van der Waals surface area contributed by atoms with E-state index in [9.17, 15) is 4.79 Å². The van der Waals surface area contributed by atoms with Crippen molar-refractivity contribution in [2.24, 2.45) is 0 Å². The summed E-state index contributed by atoms with van der Waals surface area (Å²) in [5.74, 6) is 0.663. The Morgan fingerprint density at radius 1 is 1.40 bits per heavy atom. The highest BCUT2D eigenvalue weighted by Crippen LogP contribution is 2.16. The second kappa shape index (κ2) is 6.98. The Hall–Kier alpha value is -1.98. The van der Waals surface area contributed by atoms with Crippen LogP contribution >= 0.6 is 11.6 Å². The molecule has 0 radical (unpaired) electrons. The van der Waals surface area contributed by atoms with Gasteiger partial charge in [-0.15, -0.1) is 0 Å². The van der Waals surface area contributed by atoms with Gasteiger partial charge in [-0.2, -0.15) is 0 Å². The molecule has 1 aromatic carbocycles. The van der Waals surface area contributed by atoms with Crippen LogP contribution in [0.1, 0.15) is 11.9 Å². The van der Waals surface area contributed by atoms with E-state index in [4.69, 9.17) is 20.8 Å². The molecule has 2 aromatic rings. The summed E-state index contributed by atoms with van der Waals surface area (Å²) < 4.78 is 10.5. The molecule has 6 heteroatoms. The van der Waals surface area contributed by atoms with Crippen LogP contribution in [0.15, 0.2) is 47.1 Å². The maximum absolute atomic E-state index is 11.8. The quantitative estimate of drug-likeness (QED) is 0.888. The van der Waals surface area contributed by atoms with E-state index in [-0.39, 0.29) is 12.1 Å². The average molecular weight is 295 g/mol. The lowest BCUT2D eigenvalue weighted by atomic mass is 10.2. The van der Waals surface area contributed by atoms with Gasteiger partial charge in [0.2, 0.25) is 0 Å². The summed E-state index contributed by atoms with van der Waals surface area (Å²) in [5.41, 5.74) is 0.627. The number of benzene rings is 1. The lowest BCUT2D eigenvalue weighted by molar-refractivity contribution is 0.0855. The molecule has 5 nitrogen and oxygen atoms in total. The standard InChI is InChI=1S/C14H15ClN2O3/c1-19-13(12-6-3-7-20-12)9-16-14(18)17-11-5-2-4-10(15)8-11/h2-8,13H,9H2,1H3,(H2,16,17,18). The number of hydrogen-bond donors (Lipinski definition) is 2. The molecule has 0 aliphatic heterocycles. The Labute approximate surface area is 121 Å². The van der Waals surface area contributed by atoms with Gasteiger partial charge in [0.25, 0.3) is 0 Å². The average Bonchev–Trinajstić information content (AvgIpc) is 2.93. The molecule has 0 saturated carbocycles. The van der Waals surface area contributed by atoms with Gasteiger partial charge >= 0.3 is 6.03 Å². The van der Waals surface area contributed by atoms with Crippen molar-refractivity contribution in [1.82, 2.24) is 5.32 Å². The Balaban J connectivity index is 1.85. The minimum Gasteiger partial charge on any atom is -0.467 e. The fourth-order valence-electron chi connectivity index (χ4n) is 1.70. The zero-order chi connectivity index (χ0) is 14.4. The van der Waals surface area contributed by atoms with Gasteiger partial charge in [0.1, 0.15) is 11.9 Å². The Bertz CT molecular complexity index is 557. The number of urea groups is 1. The van der Waals surface area contributed by atoms with Crippen molar-refractivity contribution >= 4 is 23.3 Å². The molecule has 1 aromatic heterocycles. The van der Waals surface area contributed by atoms with Crippen LogP contribution in [0.3, 0.4) is 0 Å². The molecular formula is C14H15ClN2O3. The summed E-state index contributed by atoms with van der Waals surface area (Å²) in [4.78, 5) is 11.8. The minimum atomic E-state index is -0.333. The third kappa shape index (κ3) is 4.01. The Morgan fingerprint density at radius 3 is 2.90 bits per heavy atom. The Kier molecular flexibility index (Phi) is 5.03. The second-order valence-electron chi connectivity index (χ2n) is 4.09. The summed E-state index contributed by atoms with van der Waals surface area (Å²) in [5, 5.41) is 5.96. The van der Waals surface area contributed by atoms with Gasteiger partial charge in [-0.1, -0.05) is 17.7 Å². The summed E-state index contributed by atoms with van der Waals surface area (Å²) >= 11 is 5.84. The maximum Gasteiger partial charge on any atom is 0.319 e. The number of rotatable bonds is 5. The van der Waals surface area contributed by atoms with Crippen molar-refractivity contribution < 1.29 is 13.9 Å². The number of halogens is 1. The van der Waals surface area contributed by atoms with E-state index in [1.165, 1.54) is 0 Å². The number of nitrogens with one attached hydrogen (secondary N) is 2. The third-order valence-corrected chi connectivity index (χ3v) is 2.91. The molecule has 0 fully saturated rings. The van der Waals surface area contributed by atoms with E-state index in [1.54, 1.807) is 49.8 Å². The van der Waals surface area contributed by atoms with E-state index < -0.39 is 0 Å². The monoisotopic (exact) mass is 294 g/mol. The summed E-state index contributed by atoms with van der Waals surface area (Å²) in [6.07, 6.45) is 1.24. The number of furan rings is 1. The summed E-state index contributed by atoms with van der Waals surface area (Å²) in [6, 6.07) is 10.2. The van der Waals surface area contributed by atoms with Crippen molar-refractivity contribution in [3.63, 3.8) is 0 Å². The molecule has 0 saturated heterocycles. The van der Waals surface area contributed by atoms with E-state index in [1.807, 2.05) is 0 Å². The number of hydrogen-bond acceptors (Lipinski definition) is 3. The SMILES string of the molecule is COC(CNC(=O)Nc1cccc(Cl)c1)c1ccco1. The molecule has 1 unspecified atom stereocenters. The first-order valence-corrected chi connectivity index (χ1v) is 6.43. The zero-order valence-corrected chi connectivity index (χ0v) is 11.7. The summed E-state index contributed by atoms with van der Waals surface area (Å²) in [6.45, 7) is 0.302. The maximum atomic E-state index is 11.8. The molecule has 0 aliphatic carbocycles. The van der Waals surface area contributed by atoms with Gasteiger partial charge < -0.3 is 19.8 Å². The molecule has 0 aliphatic rings. The van der Waals surface area contributed by atoms with Gasteiger partial charge in [-0.05, 0) is 30.3 Å². The van der Waals surface area contributed by atoms with Gasteiger partial charge in [0, 0.05) is 17.8 Å². The van der Waals surface area contributed by atoms with Crippen molar-refractivity contribution in [2.45, 2.75) is 6.10 Å². The highest BCUT2D eigenvalue weighted by Gasteiger charge is 2.14. The molecule has 2 amide bonds. The second-order valence-corrected chi connectivity index (χ2v) is 4.52. The smallest absolute Gasteiger partial charge is 0.319 e. The van der Waals surface area contributed by atoms with E-state index in [2.05, 4.69) is 10.6 Å². The van der Waals surface area contributed by atoms with E-state index in [0.29, 0.717) is 23.0 Å². The normalized spacial score (nSPS) is 11.9. The molecule has 20 heavy (non-hydrogen) atoms. The van der Waals surface area contributed by atoms with Gasteiger partial charge in [-0.25, -0.2) is 4.79 Å². The molecule has 106 valence electrons. The van der Waals surface area contributed by atoms with Crippen LogP contribution in [-0.2, 0) is 4.74 Å². The highest BCUT2D eigenvalue weighted by molar-refractivity contribution is 6.30. The van der Waals surface area contributed by atoms with Crippen LogP contribution in [0, 0.1) is 0 Å². The number of carbonyl (C=O) groups is 1. The van der Waals surface area contributed by atoms with Gasteiger partial charge in [0.05, 0.1) is 12.8 Å². The first kappa shape index (κ1) is 14.4. The van der Waals surface area contributed by atoms with Crippen LogP contribution in [-0.4, -0.2) is 19.7 Å². The first-order valence-electron chi connectivity index (χ1n) is 6.05. The van der Waals surface area contributed by atoms with E-state index in [0.717, 1.165) is 0 Å². The van der Waals surface area contributed by atoms with Crippen LogP contribution in [0.2, 0.25) is 5.02 Å². The largest absolute Gasteiger partial charge is 0.467 e. The molecular weight excluding hydrogens is 280 g/mol. The first-order chi connectivity index (χ1) is 9.69. The van der Waals surface area contributed by atoms with Crippen molar-refractivity contribution in [3.8, 4) is 0 Å². The topological polar surface area (TPSA) is 63.5 Å². The van der Waals surface area contributed by atoms with Crippen molar-refractivity contribution in [1.29, 1.82) is 0 Å². The molecule has 1 atom stereocenters. The Morgan fingerprint density at radius 2 is 2.25 bits per heavy atom. The minimum absolute atomic E-state index is 0.302. The lowest BCUT2D eigenvalue weighted by Gasteiger charge is -2.14.